The molecule has 1 N–H and O–H groups in total. The number of aliphatic hydroxyl groups is 1. The second kappa shape index (κ2) is 12.5. The number of hydrogen-bond acceptors (Lipinski definition) is 9. The molecule has 2 aliphatic heterocycles. The van der Waals surface area contributed by atoms with Crippen LogP contribution in [-0.2, 0) is 21.8 Å². The van der Waals surface area contributed by atoms with E-state index in [0.29, 0.717) is 33.4 Å². The molecular weight excluding hydrogens is 619 g/mol. The van der Waals surface area contributed by atoms with Gasteiger partial charge in [0.25, 0.3) is 5.78 Å². The maximum Gasteiger partial charge on any atom is 0.301 e. The van der Waals surface area contributed by atoms with Gasteiger partial charge in [-0.05, 0) is 64.7 Å². The highest BCUT2D eigenvalue weighted by Gasteiger charge is 2.48. The molecule has 10 heteroatoms. The molecule has 4 aromatic carbocycles. The van der Waals surface area contributed by atoms with Crippen molar-refractivity contribution in [2.45, 2.75) is 35.6 Å². The number of aromatic nitrogens is 2. The maximum atomic E-state index is 13.8. The second-order valence-electron chi connectivity index (χ2n) is 11.1. The van der Waals surface area contributed by atoms with Gasteiger partial charge in [-0.15, -0.1) is 10.2 Å². The number of thioether (sulfide) groups is 1. The van der Waals surface area contributed by atoms with Gasteiger partial charge in [0.05, 0.1) is 11.6 Å². The van der Waals surface area contributed by atoms with Crippen molar-refractivity contribution in [3.05, 3.63) is 125 Å². The van der Waals surface area contributed by atoms with Gasteiger partial charge in [-0.2, -0.15) is 0 Å². The van der Waals surface area contributed by atoms with E-state index in [1.807, 2.05) is 31.2 Å². The molecule has 2 aliphatic rings. The Morgan fingerprint density at radius 3 is 2.78 bits per heavy atom. The molecule has 0 saturated carbocycles. The Morgan fingerprint density at radius 2 is 1.91 bits per heavy atom. The Hall–Kier alpha value is -4.93. The lowest BCUT2D eigenvalue weighted by Crippen LogP contribution is -2.29. The van der Waals surface area contributed by atoms with Gasteiger partial charge >= 0.3 is 5.91 Å². The maximum absolute atomic E-state index is 13.8. The number of hydrogen-bond donors (Lipinski definition) is 1. The van der Waals surface area contributed by atoms with Crippen LogP contribution in [0.4, 0.5) is 5.13 Å². The lowest BCUT2D eigenvalue weighted by atomic mass is 9.94. The van der Waals surface area contributed by atoms with Crippen LogP contribution in [0.25, 0.3) is 16.5 Å². The largest absolute Gasteiger partial charge is 0.507 e. The van der Waals surface area contributed by atoms with Crippen LogP contribution >= 0.6 is 23.1 Å². The summed E-state index contributed by atoms with van der Waals surface area (Å²) in [6.45, 7) is 5.97. The Labute approximate surface area is 274 Å². The number of nitrogens with zero attached hydrogens (tertiary/aromatic N) is 3. The molecule has 0 unspecified atom stereocenters. The Bertz CT molecular complexity index is 2030. The van der Waals surface area contributed by atoms with E-state index in [1.165, 1.54) is 33.4 Å². The van der Waals surface area contributed by atoms with Gasteiger partial charge in [0.15, 0.2) is 4.34 Å². The molecule has 1 fully saturated rings. The number of anilines is 1. The highest BCUT2D eigenvalue weighted by molar-refractivity contribution is 8.00. The molecule has 46 heavy (non-hydrogen) atoms. The first kappa shape index (κ1) is 29.8. The third-order valence-corrected chi connectivity index (χ3v) is 10.1. The zero-order chi connectivity index (χ0) is 31.8. The van der Waals surface area contributed by atoms with Crippen molar-refractivity contribution >= 4 is 56.5 Å². The van der Waals surface area contributed by atoms with Gasteiger partial charge in [-0.3, -0.25) is 14.5 Å². The van der Waals surface area contributed by atoms with Crippen molar-refractivity contribution in [1.29, 1.82) is 0 Å². The van der Waals surface area contributed by atoms with Crippen LogP contribution in [0.3, 0.4) is 0 Å². The summed E-state index contributed by atoms with van der Waals surface area (Å²) in [7, 11) is 0. The van der Waals surface area contributed by atoms with Gasteiger partial charge in [0.1, 0.15) is 30.0 Å². The minimum atomic E-state index is -0.959. The fraction of sp³-hybridized carbons (Fsp3) is 0.167. The molecule has 3 heterocycles. The van der Waals surface area contributed by atoms with E-state index in [2.05, 4.69) is 41.0 Å². The van der Waals surface area contributed by atoms with Gasteiger partial charge in [-0.25, -0.2) is 0 Å². The van der Waals surface area contributed by atoms with E-state index >= 15 is 0 Å². The van der Waals surface area contributed by atoms with E-state index in [1.54, 1.807) is 42.5 Å². The van der Waals surface area contributed by atoms with Gasteiger partial charge < -0.3 is 14.6 Å². The molecule has 1 saturated heterocycles. The Kier molecular flexibility index (Phi) is 8.06. The lowest BCUT2D eigenvalue weighted by Gasteiger charge is -2.23. The summed E-state index contributed by atoms with van der Waals surface area (Å²) < 4.78 is 12.2. The van der Waals surface area contributed by atoms with Crippen LogP contribution < -0.4 is 14.4 Å². The van der Waals surface area contributed by atoms with Gasteiger partial charge in [0, 0.05) is 17.7 Å². The van der Waals surface area contributed by atoms with Crippen molar-refractivity contribution in [2.24, 2.45) is 0 Å². The fourth-order valence-corrected chi connectivity index (χ4v) is 7.79. The second-order valence-corrected chi connectivity index (χ2v) is 13.3. The molecule has 8 nitrogen and oxygen atoms in total. The van der Waals surface area contributed by atoms with Crippen molar-refractivity contribution in [3.63, 3.8) is 0 Å². The number of ketones is 1. The average molecular weight is 648 g/mol. The number of fused-ring (bicyclic) bond motifs is 2. The van der Waals surface area contributed by atoms with Crippen LogP contribution in [-0.4, -0.2) is 39.7 Å². The monoisotopic (exact) mass is 647 g/mol. The number of rotatable bonds is 9. The Balaban J connectivity index is 1.26. The minimum absolute atomic E-state index is 0.0152. The minimum Gasteiger partial charge on any atom is -0.507 e. The van der Waals surface area contributed by atoms with Crippen LogP contribution in [0.1, 0.15) is 35.2 Å². The van der Waals surface area contributed by atoms with E-state index < -0.39 is 17.7 Å². The highest BCUT2D eigenvalue weighted by Crippen LogP contribution is 2.45. The number of carbonyl (C=O) groups excluding carboxylic acids is 2. The van der Waals surface area contributed by atoms with Crippen molar-refractivity contribution < 1.29 is 24.2 Å². The first-order valence-corrected chi connectivity index (χ1v) is 16.6. The summed E-state index contributed by atoms with van der Waals surface area (Å²) in [6, 6.07) is 25.9. The molecular formula is C36H29N3O5S2. The summed E-state index contributed by atoms with van der Waals surface area (Å²) >= 11 is 2.74. The number of aliphatic hydroxyl groups excluding tert-OH is 1. The zero-order valence-corrected chi connectivity index (χ0v) is 26.5. The molecule has 1 amide bonds. The van der Waals surface area contributed by atoms with E-state index in [0.717, 1.165) is 22.3 Å². The van der Waals surface area contributed by atoms with Crippen molar-refractivity contribution in [2.75, 3.05) is 11.5 Å². The smallest absolute Gasteiger partial charge is 0.301 e. The predicted octanol–water partition coefficient (Wildman–Crippen LogP) is 7.50. The highest BCUT2D eigenvalue weighted by atomic mass is 32.2. The van der Waals surface area contributed by atoms with Crippen LogP contribution in [0.15, 0.2) is 107 Å². The van der Waals surface area contributed by atoms with Crippen molar-refractivity contribution in [1.82, 2.24) is 10.2 Å². The molecule has 230 valence electrons. The normalized spacial score (nSPS) is 18.5. The third-order valence-electron chi connectivity index (χ3n) is 7.99. The summed E-state index contributed by atoms with van der Waals surface area (Å²) in [6.07, 6.45) is 2.33. The SMILES string of the molecule is C=CCOc1cccc([C@H]2/C(=C(\O)c3ccc4c(c3)C[C@H](C)O4)C(=O)C(=O)N2c2nnc(SCc3cccc4ccccc34)s2)c1. The number of ether oxygens (including phenoxy) is 2. The van der Waals surface area contributed by atoms with E-state index in [9.17, 15) is 14.7 Å². The van der Waals surface area contributed by atoms with Crippen molar-refractivity contribution in [3.8, 4) is 11.5 Å². The van der Waals surface area contributed by atoms with Crippen LogP contribution in [0.5, 0.6) is 11.5 Å². The number of amides is 1. The molecule has 1 aromatic heterocycles. The molecule has 7 rings (SSSR count). The summed E-state index contributed by atoms with van der Waals surface area (Å²) in [5, 5.41) is 23.0. The topological polar surface area (TPSA) is 102 Å². The van der Waals surface area contributed by atoms with Crippen LogP contribution in [0, 0.1) is 0 Å². The molecule has 2 atom stereocenters. The quantitative estimate of drug-likeness (QED) is 0.0438. The fourth-order valence-electron chi connectivity index (χ4n) is 5.92. The zero-order valence-electron chi connectivity index (χ0n) is 24.9. The summed E-state index contributed by atoms with van der Waals surface area (Å²) in [5.74, 6) is 0.0853. The average Bonchev–Trinajstić information content (AvgIpc) is 3.77. The van der Waals surface area contributed by atoms with Gasteiger partial charge in [-0.1, -0.05) is 90.4 Å². The number of benzene rings is 4. The molecule has 5 aromatic rings. The first-order chi connectivity index (χ1) is 22.4. The third kappa shape index (κ3) is 5.54. The summed E-state index contributed by atoms with van der Waals surface area (Å²) in [4.78, 5) is 28.8. The lowest BCUT2D eigenvalue weighted by molar-refractivity contribution is -0.132. The first-order valence-electron chi connectivity index (χ1n) is 14.8. The molecule has 0 radical (unpaired) electrons. The van der Waals surface area contributed by atoms with E-state index in [4.69, 9.17) is 9.47 Å². The number of Topliss-reactive ketones (excluding diaryl/α,β-unsaturated/α-hetero) is 1. The molecule has 0 aliphatic carbocycles. The van der Waals surface area contributed by atoms with E-state index in [-0.39, 0.29) is 29.2 Å². The molecule has 0 bridgehead atoms. The van der Waals surface area contributed by atoms with Gasteiger partial charge in [0.2, 0.25) is 5.13 Å². The summed E-state index contributed by atoms with van der Waals surface area (Å²) in [5.41, 5.74) is 3.07. The van der Waals surface area contributed by atoms with Crippen LogP contribution in [0.2, 0.25) is 0 Å². The Morgan fingerprint density at radius 1 is 1.09 bits per heavy atom. The predicted molar refractivity (Wildman–Crippen MR) is 181 cm³/mol. The molecule has 0 spiro atoms. The number of carbonyl (C=O) groups is 2. The standard InChI is InChI=1S/C36H29N3O5S2/c1-3-16-43-27-12-7-10-23(19-27)31-30(32(40)24-14-15-29-26(18-24)17-21(2)44-29)33(41)34(42)39(31)35-37-38-36(46-35)45-20-25-11-6-9-22-8-4-5-13-28(22)25/h3-15,18-19,21,31,40H,1,16-17,20H2,2H3/b32-30+/t21-,31-/m0/s1.